The van der Waals surface area contributed by atoms with Gasteiger partial charge in [-0.1, -0.05) is 18.6 Å². The number of hydrogen-bond acceptors (Lipinski definition) is 1. The van der Waals surface area contributed by atoms with Gasteiger partial charge in [0.2, 0.25) is 0 Å². The molecule has 0 radical (unpaired) electrons. The fourth-order valence-electron chi connectivity index (χ4n) is 2.63. The molecule has 0 spiro atoms. The van der Waals surface area contributed by atoms with Crippen molar-refractivity contribution in [2.75, 3.05) is 0 Å². The van der Waals surface area contributed by atoms with Gasteiger partial charge in [0.25, 0.3) is 0 Å². The maximum absolute atomic E-state index is 12.7. The molecule has 1 saturated carbocycles. The maximum Gasteiger partial charge on any atom is 1.00 e. The minimum absolute atomic E-state index is 0. The number of ether oxygens (including phenoxy) is 1. The molecule has 0 amide bonds. The Morgan fingerprint density at radius 1 is 1.10 bits per heavy atom. The van der Waals surface area contributed by atoms with Gasteiger partial charge < -0.3 is 17.7 Å². The maximum atomic E-state index is 12.7. The zero-order chi connectivity index (χ0) is 14.0. The Morgan fingerprint density at radius 3 is 2.20 bits per heavy atom. The topological polar surface area (TPSA) is 9.23 Å². The molecule has 0 N–H and O–H groups in total. The third kappa shape index (κ3) is 5.05. The van der Waals surface area contributed by atoms with Gasteiger partial charge in [-0.3, -0.25) is 0 Å². The van der Waals surface area contributed by atoms with Crippen molar-refractivity contribution in [1.29, 1.82) is 0 Å². The van der Waals surface area contributed by atoms with Crippen LogP contribution < -0.4 is 61.6 Å². The fourth-order valence-corrected chi connectivity index (χ4v) is 2.63. The van der Waals surface area contributed by atoms with Crippen molar-refractivity contribution < 1.29 is 69.1 Å². The molecular weight excluding hydrogens is 291 g/mol. The SMILES string of the molecule is Cc1cc(OC2CCC(C)CC2)ccc1[B-](F)(F)F.[K+]. The van der Waals surface area contributed by atoms with Crippen LogP contribution in [0.25, 0.3) is 0 Å². The van der Waals surface area contributed by atoms with E-state index < -0.39 is 12.4 Å². The van der Waals surface area contributed by atoms with E-state index in [0.717, 1.165) is 37.7 Å². The van der Waals surface area contributed by atoms with Crippen LogP contribution in [-0.2, 0) is 0 Å². The van der Waals surface area contributed by atoms with E-state index >= 15 is 0 Å². The predicted octanol–water partition coefficient (Wildman–Crippen LogP) is 1.01. The van der Waals surface area contributed by atoms with Crippen LogP contribution in [-0.4, -0.2) is 13.1 Å². The molecule has 0 saturated heterocycles. The Labute approximate surface area is 161 Å². The molecule has 1 aromatic rings. The summed E-state index contributed by atoms with van der Waals surface area (Å²) in [6.45, 7) is -1.22. The summed E-state index contributed by atoms with van der Waals surface area (Å²) in [4.78, 5) is 0. The third-order valence-corrected chi connectivity index (χ3v) is 3.86. The standard InChI is InChI=1S/C14H19BF3O.K/c1-10-3-5-12(6-4-10)19-13-7-8-14(11(2)9-13)15(16,17)18;/h7-10,12H,3-6H2,1-2H3;/q-1;+1. The molecule has 0 aliphatic heterocycles. The Morgan fingerprint density at radius 2 is 1.70 bits per heavy atom. The van der Waals surface area contributed by atoms with E-state index in [0.29, 0.717) is 5.75 Å². The summed E-state index contributed by atoms with van der Waals surface area (Å²) in [5.41, 5.74) is -0.279. The van der Waals surface area contributed by atoms with Crippen LogP contribution >= 0.6 is 0 Å². The largest absolute Gasteiger partial charge is 1.00 e. The van der Waals surface area contributed by atoms with Gasteiger partial charge in [-0.25, -0.2) is 0 Å². The van der Waals surface area contributed by atoms with Gasteiger partial charge in [0, 0.05) is 0 Å². The summed E-state index contributed by atoms with van der Waals surface area (Å²) in [6, 6.07) is 4.08. The first-order valence-corrected chi connectivity index (χ1v) is 6.83. The molecule has 2 rings (SSSR count). The molecule has 1 aliphatic rings. The molecule has 0 heterocycles. The van der Waals surface area contributed by atoms with Crippen LogP contribution in [0, 0.1) is 12.8 Å². The summed E-state index contributed by atoms with van der Waals surface area (Å²) >= 11 is 0. The van der Waals surface area contributed by atoms with Crippen molar-refractivity contribution >= 4 is 12.4 Å². The molecule has 0 bridgehead atoms. The zero-order valence-corrected chi connectivity index (χ0v) is 15.5. The summed E-state index contributed by atoms with van der Waals surface area (Å²) in [5.74, 6) is 1.29. The van der Waals surface area contributed by atoms with E-state index in [2.05, 4.69) is 6.92 Å². The van der Waals surface area contributed by atoms with Crippen LogP contribution in [0.1, 0.15) is 38.2 Å². The third-order valence-electron chi connectivity index (χ3n) is 3.86. The van der Waals surface area contributed by atoms with Gasteiger partial charge in [-0.15, -0.1) is 5.46 Å². The Bertz CT molecular complexity index is 443. The molecule has 1 nitrogen and oxygen atoms in total. The van der Waals surface area contributed by atoms with E-state index in [1.807, 2.05) is 0 Å². The van der Waals surface area contributed by atoms with Gasteiger partial charge in [-0.2, -0.15) is 0 Å². The summed E-state index contributed by atoms with van der Waals surface area (Å²) in [6.07, 6.45) is 4.40. The first-order valence-electron chi connectivity index (χ1n) is 6.83. The van der Waals surface area contributed by atoms with Crippen LogP contribution in [0.5, 0.6) is 5.75 Å². The number of hydrogen-bond donors (Lipinski definition) is 0. The van der Waals surface area contributed by atoms with Crippen molar-refractivity contribution in [2.45, 2.75) is 45.6 Å². The number of rotatable bonds is 3. The van der Waals surface area contributed by atoms with Crippen LogP contribution in [0.4, 0.5) is 12.9 Å². The zero-order valence-electron chi connectivity index (χ0n) is 12.3. The average Bonchev–Trinajstić information content (AvgIpc) is 2.30. The van der Waals surface area contributed by atoms with Gasteiger partial charge in [0.05, 0.1) is 6.10 Å². The minimum atomic E-state index is -4.93. The van der Waals surface area contributed by atoms with Crippen molar-refractivity contribution in [3.63, 3.8) is 0 Å². The minimum Gasteiger partial charge on any atom is -0.490 e. The molecule has 0 aromatic heterocycles. The smallest absolute Gasteiger partial charge is 0.490 e. The van der Waals surface area contributed by atoms with E-state index in [1.54, 1.807) is 0 Å². The Balaban J connectivity index is 0.00000200. The molecule has 6 heteroatoms. The number of aryl methyl sites for hydroxylation is 1. The predicted molar refractivity (Wildman–Crippen MR) is 71.9 cm³/mol. The molecule has 1 aliphatic carbocycles. The summed E-state index contributed by atoms with van der Waals surface area (Å²) < 4.78 is 43.9. The van der Waals surface area contributed by atoms with Crippen molar-refractivity contribution in [2.24, 2.45) is 5.92 Å². The first-order chi connectivity index (χ1) is 8.86. The summed E-state index contributed by atoms with van der Waals surface area (Å²) in [5, 5.41) is 0. The monoisotopic (exact) mass is 310 g/mol. The molecule has 1 fully saturated rings. The van der Waals surface area contributed by atoms with E-state index in [9.17, 15) is 12.9 Å². The molecular formula is C14H19BF3KO. The number of benzene rings is 1. The average molecular weight is 310 g/mol. The van der Waals surface area contributed by atoms with E-state index in [-0.39, 0.29) is 63.1 Å². The van der Waals surface area contributed by atoms with Crippen LogP contribution in [0.3, 0.4) is 0 Å². The molecule has 0 atom stereocenters. The quantitative estimate of drug-likeness (QED) is 0.757. The van der Waals surface area contributed by atoms with Crippen LogP contribution in [0.15, 0.2) is 18.2 Å². The van der Waals surface area contributed by atoms with Crippen LogP contribution in [0.2, 0.25) is 0 Å². The fraction of sp³-hybridized carbons (Fsp3) is 0.571. The van der Waals surface area contributed by atoms with Gasteiger partial charge in [0.15, 0.2) is 0 Å². The van der Waals surface area contributed by atoms with E-state index in [1.165, 1.54) is 19.1 Å². The van der Waals surface area contributed by atoms with Crippen molar-refractivity contribution in [3.05, 3.63) is 23.8 Å². The molecule has 106 valence electrons. The van der Waals surface area contributed by atoms with Gasteiger partial charge in [-0.05, 0) is 50.7 Å². The Hall–Kier alpha value is 0.511. The molecule has 0 unspecified atom stereocenters. The van der Waals surface area contributed by atoms with E-state index in [4.69, 9.17) is 4.74 Å². The normalized spacial score (nSPS) is 23.1. The second-order valence-electron chi connectivity index (χ2n) is 5.59. The second kappa shape index (κ2) is 7.68. The second-order valence-corrected chi connectivity index (χ2v) is 5.59. The Kier molecular flexibility index (Phi) is 7.12. The van der Waals surface area contributed by atoms with Gasteiger partial charge in [0.1, 0.15) is 5.75 Å². The molecule has 20 heavy (non-hydrogen) atoms. The molecule has 1 aromatic carbocycles. The van der Waals surface area contributed by atoms with Crippen molar-refractivity contribution in [3.8, 4) is 5.75 Å². The van der Waals surface area contributed by atoms with Crippen molar-refractivity contribution in [1.82, 2.24) is 0 Å². The van der Waals surface area contributed by atoms with Gasteiger partial charge >= 0.3 is 58.4 Å². The summed E-state index contributed by atoms with van der Waals surface area (Å²) in [7, 11) is 0. The first kappa shape index (κ1) is 18.6. The number of halogens is 3.